The van der Waals surface area contributed by atoms with E-state index in [2.05, 4.69) is 39.9 Å². The van der Waals surface area contributed by atoms with Gasteiger partial charge in [0.25, 0.3) is 5.91 Å². The van der Waals surface area contributed by atoms with E-state index in [1.165, 1.54) is 11.1 Å². The van der Waals surface area contributed by atoms with Crippen molar-refractivity contribution in [3.8, 4) is 0 Å². The van der Waals surface area contributed by atoms with E-state index >= 15 is 0 Å². The molecule has 6 heteroatoms. The fourth-order valence-electron chi connectivity index (χ4n) is 2.99. The Morgan fingerprint density at radius 1 is 0.964 bits per heavy atom. The summed E-state index contributed by atoms with van der Waals surface area (Å²) < 4.78 is 5.38. The Hall–Kier alpha value is -3.54. The molecular weight excluding hydrogens is 352 g/mol. The van der Waals surface area contributed by atoms with Gasteiger partial charge in [0, 0.05) is 19.5 Å². The van der Waals surface area contributed by atoms with E-state index in [1.807, 2.05) is 36.4 Å². The molecule has 144 valence electrons. The number of benzene rings is 2. The van der Waals surface area contributed by atoms with Crippen molar-refractivity contribution in [2.75, 3.05) is 13.6 Å². The van der Waals surface area contributed by atoms with Crippen LogP contribution in [0.4, 0.5) is 0 Å². The standard InChI is InChI=1S/C22H24N4O2/c1-24-22(25-14-18-12-13-20(28-18)21(23)27)26-15-19(16-8-4-2-5-9-16)17-10-6-3-7-11-17/h2-13,19H,14-15H2,1H3,(H2,23,27)(H2,24,25,26). The molecule has 4 N–H and O–H groups in total. The number of rotatable bonds is 7. The first-order valence-electron chi connectivity index (χ1n) is 9.10. The minimum Gasteiger partial charge on any atom is -0.454 e. The molecule has 0 saturated heterocycles. The van der Waals surface area contributed by atoms with E-state index in [0.717, 1.165) is 0 Å². The lowest BCUT2D eigenvalue weighted by molar-refractivity contribution is 0.0972. The average Bonchev–Trinajstić information content (AvgIpc) is 3.21. The zero-order chi connectivity index (χ0) is 19.8. The van der Waals surface area contributed by atoms with Gasteiger partial charge in [-0.1, -0.05) is 60.7 Å². The minimum absolute atomic E-state index is 0.146. The summed E-state index contributed by atoms with van der Waals surface area (Å²) >= 11 is 0. The first-order chi connectivity index (χ1) is 13.7. The van der Waals surface area contributed by atoms with Gasteiger partial charge in [-0.05, 0) is 23.3 Å². The summed E-state index contributed by atoms with van der Waals surface area (Å²) in [5.74, 6) is 1.01. The molecule has 0 unspecified atom stereocenters. The Bertz CT molecular complexity index is 880. The van der Waals surface area contributed by atoms with Gasteiger partial charge in [-0.3, -0.25) is 9.79 Å². The second kappa shape index (κ2) is 9.41. The summed E-state index contributed by atoms with van der Waals surface area (Å²) in [6, 6.07) is 24.0. The number of carbonyl (C=O) groups excluding carboxylic acids is 1. The van der Waals surface area contributed by atoms with E-state index in [0.29, 0.717) is 24.8 Å². The van der Waals surface area contributed by atoms with Gasteiger partial charge in [-0.25, -0.2) is 0 Å². The van der Waals surface area contributed by atoms with Crippen molar-refractivity contribution < 1.29 is 9.21 Å². The monoisotopic (exact) mass is 376 g/mol. The van der Waals surface area contributed by atoms with Crippen LogP contribution in [0.2, 0.25) is 0 Å². The Kier molecular flexibility index (Phi) is 6.46. The maximum Gasteiger partial charge on any atom is 0.284 e. The van der Waals surface area contributed by atoms with Crippen LogP contribution in [0, 0.1) is 0 Å². The van der Waals surface area contributed by atoms with Crippen LogP contribution in [0.25, 0.3) is 0 Å². The van der Waals surface area contributed by atoms with E-state index in [9.17, 15) is 4.79 Å². The highest BCUT2D eigenvalue weighted by molar-refractivity contribution is 5.89. The van der Waals surface area contributed by atoms with Crippen LogP contribution in [-0.2, 0) is 6.54 Å². The molecule has 3 aromatic rings. The Balaban J connectivity index is 1.65. The number of carbonyl (C=O) groups is 1. The van der Waals surface area contributed by atoms with Crippen LogP contribution < -0.4 is 16.4 Å². The van der Waals surface area contributed by atoms with Crippen LogP contribution in [-0.4, -0.2) is 25.5 Å². The molecule has 0 aliphatic heterocycles. The van der Waals surface area contributed by atoms with Crippen LogP contribution in [0.5, 0.6) is 0 Å². The fraction of sp³-hybridized carbons (Fsp3) is 0.182. The molecule has 0 fully saturated rings. The molecule has 2 aromatic carbocycles. The predicted molar refractivity (Wildman–Crippen MR) is 110 cm³/mol. The zero-order valence-corrected chi connectivity index (χ0v) is 15.8. The molecule has 0 atom stereocenters. The quantitative estimate of drug-likeness (QED) is 0.437. The highest BCUT2D eigenvalue weighted by Gasteiger charge is 2.14. The van der Waals surface area contributed by atoms with Gasteiger partial charge in [0.15, 0.2) is 11.7 Å². The van der Waals surface area contributed by atoms with Gasteiger partial charge in [0.2, 0.25) is 0 Å². The number of furan rings is 1. The predicted octanol–water partition coefficient (Wildman–Crippen LogP) is 2.88. The van der Waals surface area contributed by atoms with Gasteiger partial charge in [0.05, 0.1) is 6.54 Å². The third kappa shape index (κ3) is 5.01. The van der Waals surface area contributed by atoms with Crippen molar-refractivity contribution in [3.05, 3.63) is 95.4 Å². The highest BCUT2D eigenvalue weighted by Crippen LogP contribution is 2.23. The van der Waals surface area contributed by atoms with E-state index in [4.69, 9.17) is 10.2 Å². The van der Waals surface area contributed by atoms with Gasteiger partial charge in [-0.2, -0.15) is 0 Å². The number of aliphatic imine (C=N–C) groups is 1. The summed E-state index contributed by atoms with van der Waals surface area (Å²) in [7, 11) is 1.71. The summed E-state index contributed by atoms with van der Waals surface area (Å²) in [6.45, 7) is 1.08. The third-order valence-corrected chi connectivity index (χ3v) is 4.44. The molecule has 0 aliphatic carbocycles. The van der Waals surface area contributed by atoms with E-state index < -0.39 is 5.91 Å². The summed E-state index contributed by atoms with van der Waals surface area (Å²) in [4.78, 5) is 15.4. The lowest BCUT2D eigenvalue weighted by atomic mass is 9.91. The van der Waals surface area contributed by atoms with Crippen molar-refractivity contribution in [2.45, 2.75) is 12.5 Å². The number of nitrogens with one attached hydrogen (secondary N) is 2. The maximum absolute atomic E-state index is 11.1. The average molecular weight is 376 g/mol. The number of amides is 1. The summed E-state index contributed by atoms with van der Waals surface area (Å²) in [5, 5.41) is 6.56. The molecule has 0 bridgehead atoms. The first kappa shape index (κ1) is 19.2. The molecule has 0 aliphatic rings. The maximum atomic E-state index is 11.1. The van der Waals surface area contributed by atoms with Crippen molar-refractivity contribution >= 4 is 11.9 Å². The molecule has 0 radical (unpaired) electrons. The Morgan fingerprint density at radius 2 is 1.57 bits per heavy atom. The van der Waals surface area contributed by atoms with Crippen LogP contribution in [0.1, 0.15) is 33.4 Å². The van der Waals surface area contributed by atoms with Crippen LogP contribution in [0.15, 0.2) is 82.2 Å². The third-order valence-electron chi connectivity index (χ3n) is 4.44. The number of nitrogens with two attached hydrogens (primary N) is 1. The van der Waals surface area contributed by atoms with E-state index in [-0.39, 0.29) is 11.7 Å². The van der Waals surface area contributed by atoms with Crippen molar-refractivity contribution in [3.63, 3.8) is 0 Å². The SMILES string of the molecule is CN=C(NCc1ccc(C(N)=O)o1)NCC(c1ccccc1)c1ccccc1. The highest BCUT2D eigenvalue weighted by atomic mass is 16.3. The van der Waals surface area contributed by atoms with Gasteiger partial charge >= 0.3 is 0 Å². The first-order valence-corrected chi connectivity index (χ1v) is 9.10. The Labute approximate surface area is 164 Å². The molecule has 1 amide bonds. The number of hydrogen-bond acceptors (Lipinski definition) is 3. The summed E-state index contributed by atoms with van der Waals surface area (Å²) in [6.07, 6.45) is 0. The lowest BCUT2D eigenvalue weighted by Crippen LogP contribution is -2.39. The van der Waals surface area contributed by atoms with Crippen molar-refractivity contribution in [1.82, 2.24) is 10.6 Å². The Morgan fingerprint density at radius 3 is 2.07 bits per heavy atom. The molecule has 6 nitrogen and oxygen atoms in total. The van der Waals surface area contributed by atoms with Crippen molar-refractivity contribution in [2.24, 2.45) is 10.7 Å². The smallest absolute Gasteiger partial charge is 0.284 e. The van der Waals surface area contributed by atoms with Gasteiger partial charge in [-0.15, -0.1) is 0 Å². The molecule has 0 saturated carbocycles. The van der Waals surface area contributed by atoms with E-state index in [1.54, 1.807) is 19.2 Å². The van der Waals surface area contributed by atoms with Gasteiger partial charge < -0.3 is 20.8 Å². The molecule has 0 spiro atoms. The van der Waals surface area contributed by atoms with Crippen LogP contribution in [0.3, 0.4) is 0 Å². The van der Waals surface area contributed by atoms with Gasteiger partial charge in [0.1, 0.15) is 5.76 Å². The molecule has 1 heterocycles. The second-order valence-electron chi connectivity index (χ2n) is 6.31. The largest absolute Gasteiger partial charge is 0.454 e. The second-order valence-corrected chi connectivity index (χ2v) is 6.31. The molecule has 28 heavy (non-hydrogen) atoms. The number of primary amides is 1. The summed E-state index contributed by atoms with van der Waals surface area (Å²) in [5.41, 5.74) is 7.67. The number of nitrogens with zero attached hydrogens (tertiary/aromatic N) is 1. The number of guanidine groups is 1. The fourth-order valence-corrected chi connectivity index (χ4v) is 2.99. The minimum atomic E-state index is -0.581. The molecule has 3 rings (SSSR count). The molecule has 1 aromatic heterocycles. The molecular formula is C22H24N4O2. The normalized spacial score (nSPS) is 11.4. The number of hydrogen-bond donors (Lipinski definition) is 3. The van der Waals surface area contributed by atoms with Crippen molar-refractivity contribution in [1.29, 1.82) is 0 Å². The zero-order valence-electron chi connectivity index (χ0n) is 15.8. The lowest BCUT2D eigenvalue weighted by Gasteiger charge is -2.20. The topological polar surface area (TPSA) is 92.6 Å². The van der Waals surface area contributed by atoms with Crippen LogP contribution >= 0.6 is 0 Å².